The summed E-state index contributed by atoms with van der Waals surface area (Å²) in [6.07, 6.45) is 1.08. The Bertz CT molecular complexity index is 111. The van der Waals surface area contributed by atoms with Crippen molar-refractivity contribution >= 4 is 0 Å². The van der Waals surface area contributed by atoms with Crippen LogP contribution in [0.15, 0.2) is 11.1 Å². The van der Waals surface area contributed by atoms with Crippen molar-refractivity contribution in [2.45, 2.75) is 40.2 Å². The van der Waals surface area contributed by atoms with E-state index in [0.29, 0.717) is 0 Å². The maximum Gasteiger partial charge on any atom is 0.0227 e. The van der Waals surface area contributed by atoms with Crippen molar-refractivity contribution in [2.24, 2.45) is 11.5 Å². The Kier molecular flexibility index (Phi) is 9.36. The molecular weight excluding hydrogens is 136 g/mol. The van der Waals surface area contributed by atoms with Gasteiger partial charge in [0.2, 0.25) is 0 Å². The van der Waals surface area contributed by atoms with Crippen LogP contribution in [0.25, 0.3) is 0 Å². The summed E-state index contributed by atoms with van der Waals surface area (Å²) in [6, 6.07) is 0.236. The third kappa shape index (κ3) is 6.07. The van der Waals surface area contributed by atoms with Crippen LogP contribution in [0.2, 0.25) is 0 Å². The number of allylic oxidation sites excluding steroid dienone is 1. The van der Waals surface area contributed by atoms with Crippen molar-refractivity contribution < 1.29 is 0 Å². The smallest absolute Gasteiger partial charge is 0.0227 e. The lowest BCUT2D eigenvalue weighted by Crippen LogP contribution is -2.18. The fourth-order valence-electron chi connectivity index (χ4n) is 1.13. The highest BCUT2D eigenvalue weighted by atomic mass is 14.6. The van der Waals surface area contributed by atoms with Gasteiger partial charge in [-0.2, -0.15) is 0 Å². The Morgan fingerprint density at radius 2 is 1.64 bits per heavy atom. The number of nitrogens with two attached hydrogens (primary N) is 2. The highest BCUT2D eigenvalue weighted by Crippen LogP contribution is 2.09. The zero-order chi connectivity index (χ0) is 9.44. The SMILES string of the molecule is CCC(=C(C)C)C(C)N.CN. The Hall–Kier alpha value is -0.340. The summed E-state index contributed by atoms with van der Waals surface area (Å²) in [5.74, 6) is 0. The molecule has 0 aliphatic heterocycles. The topological polar surface area (TPSA) is 52.0 Å². The van der Waals surface area contributed by atoms with Crippen LogP contribution >= 0.6 is 0 Å². The summed E-state index contributed by atoms with van der Waals surface area (Å²) in [6.45, 7) is 8.40. The molecule has 0 aromatic rings. The first-order chi connectivity index (χ1) is 5.09. The third-order valence-corrected chi connectivity index (χ3v) is 1.57. The molecule has 1 atom stereocenters. The van der Waals surface area contributed by atoms with Crippen LogP contribution in [-0.4, -0.2) is 13.1 Å². The Balaban J connectivity index is 0. The molecule has 1 unspecified atom stereocenters. The predicted molar refractivity (Wildman–Crippen MR) is 52.4 cm³/mol. The van der Waals surface area contributed by atoms with Gasteiger partial charge >= 0.3 is 0 Å². The average Bonchev–Trinajstić information content (AvgIpc) is 1.91. The van der Waals surface area contributed by atoms with E-state index in [1.807, 2.05) is 6.92 Å². The quantitative estimate of drug-likeness (QED) is 0.600. The maximum atomic E-state index is 5.69. The lowest BCUT2D eigenvalue weighted by atomic mass is 10.0. The second-order valence-electron chi connectivity index (χ2n) is 2.67. The zero-order valence-corrected chi connectivity index (χ0v) is 8.44. The summed E-state index contributed by atoms with van der Waals surface area (Å²) < 4.78 is 0. The van der Waals surface area contributed by atoms with Gasteiger partial charge in [-0.1, -0.05) is 18.1 Å². The molecule has 11 heavy (non-hydrogen) atoms. The molecule has 0 amide bonds. The van der Waals surface area contributed by atoms with Crippen molar-refractivity contribution in [3.05, 3.63) is 11.1 Å². The van der Waals surface area contributed by atoms with Crippen molar-refractivity contribution in [1.82, 2.24) is 0 Å². The minimum absolute atomic E-state index is 0.236. The summed E-state index contributed by atoms with van der Waals surface area (Å²) in [4.78, 5) is 0. The third-order valence-electron chi connectivity index (χ3n) is 1.57. The molecule has 0 aromatic carbocycles. The van der Waals surface area contributed by atoms with Crippen molar-refractivity contribution in [3.63, 3.8) is 0 Å². The first-order valence-electron chi connectivity index (χ1n) is 4.09. The van der Waals surface area contributed by atoms with E-state index in [1.54, 1.807) is 0 Å². The van der Waals surface area contributed by atoms with E-state index in [2.05, 4.69) is 26.5 Å². The predicted octanol–water partition coefficient (Wildman–Crippen LogP) is 1.65. The maximum absolute atomic E-state index is 5.69. The van der Waals surface area contributed by atoms with Gasteiger partial charge in [0.25, 0.3) is 0 Å². The molecule has 2 heteroatoms. The van der Waals surface area contributed by atoms with E-state index in [1.165, 1.54) is 18.2 Å². The molecule has 0 bridgehead atoms. The summed E-state index contributed by atoms with van der Waals surface area (Å²) in [7, 11) is 1.50. The van der Waals surface area contributed by atoms with Crippen molar-refractivity contribution in [1.29, 1.82) is 0 Å². The molecule has 68 valence electrons. The number of hydrogen-bond acceptors (Lipinski definition) is 2. The molecule has 0 aromatic heterocycles. The molecule has 0 saturated heterocycles. The first-order valence-corrected chi connectivity index (χ1v) is 4.09. The van der Waals surface area contributed by atoms with Crippen LogP contribution in [0.4, 0.5) is 0 Å². The van der Waals surface area contributed by atoms with Crippen LogP contribution in [0.5, 0.6) is 0 Å². The second kappa shape index (κ2) is 7.76. The van der Waals surface area contributed by atoms with Crippen LogP contribution < -0.4 is 11.5 Å². The first kappa shape index (κ1) is 13.3. The number of rotatable bonds is 2. The summed E-state index contributed by atoms with van der Waals surface area (Å²) >= 11 is 0. The van der Waals surface area contributed by atoms with Crippen LogP contribution in [0, 0.1) is 0 Å². The standard InChI is InChI=1S/C8H17N.CH5N/c1-5-8(6(2)3)7(4)9;1-2/h7H,5,9H2,1-4H3;2H2,1H3. The normalized spacial score (nSPS) is 11.2. The zero-order valence-electron chi connectivity index (χ0n) is 8.44. The number of hydrogen-bond donors (Lipinski definition) is 2. The summed E-state index contributed by atoms with van der Waals surface area (Å²) in [5, 5.41) is 0. The molecule has 0 aliphatic carbocycles. The molecule has 2 nitrogen and oxygen atoms in total. The van der Waals surface area contributed by atoms with Gasteiger partial charge in [-0.05, 0) is 34.2 Å². The molecule has 0 fully saturated rings. The monoisotopic (exact) mass is 158 g/mol. The van der Waals surface area contributed by atoms with Gasteiger partial charge < -0.3 is 11.5 Å². The van der Waals surface area contributed by atoms with Gasteiger partial charge in [-0.3, -0.25) is 0 Å². The molecule has 0 aliphatic rings. The van der Waals surface area contributed by atoms with Gasteiger partial charge in [-0.15, -0.1) is 0 Å². The molecule has 0 radical (unpaired) electrons. The fourth-order valence-corrected chi connectivity index (χ4v) is 1.13. The van der Waals surface area contributed by atoms with E-state index in [4.69, 9.17) is 5.73 Å². The summed E-state index contributed by atoms with van der Waals surface area (Å²) in [5.41, 5.74) is 12.9. The van der Waals surface area contributed by atoms with E-state index >= 15 is 0 Å². The van der Waals surface area contributed by atoms with Gasteiger partial charge in [-0.25, -0.2) is 0 Å². The minimum atomic E-state index is 0.236. The Morgan fingerprint density at radius 1 is 1.27 bits per heavy atom. The highest BCUT2D eigenvalue weighted by molar-refractivity contribution is 5.14. The fraction of sp³-hybridized carbons (Fsp3) is 0.778. The molecular formula is C9H22N2. The van der Waals surface area contributed by atoms with Gasteiger partial charge in [0, 0.05) is 6.04 Å². The molecule has 0 spiro atoms. The van der Waals surface area contributed by atoms with Crippen molar-refractivity contribution in [3.8, 4) is 0 Å². The second-order valence-corrected chi connectivity index (χ2v) is 2.67. The van der Waals surface area contributed by atoms with Gasteiger partial charge in [0.1, 0.15) is 0 Å². The van der Waals surface area contributed by atoms with E-state index in [-0.39, 0.29) is 6.04 Å². The molecule has 0 rings (SSSR count). The van der Waals surface area contributed by atoms with Crippen LogP contribution in [0.3, 0.4) is 0 Å². The molecule has 0 heterocycles. The van der Waals surface area contributed by atoms with Gasteiger partial charge in [0.15, 0.2) is 0 Å². The Morgan fingerprint density at radius 3 is 1.64 bits per heavy atom. The average molecular weight is 158 g/mol. The van der Waals surface area contributed by atoms with Crippen molar-refractivity contribution in [2.75, 3.05) is 7.05 Å². The largest absolute Gasteiger partial charge is 0.333 e. The van der Waals surface area contributed by atoms with E-state index in [9.17, 15) is 0 Å². The van der Waals surface area contributed by atoms with Crippen LogP contribution in [-0.2, 0) is 0 Å². The lowest BCUT2D eigenvalue weighted by molar-refractivity contribution is 0.798. The van der Waals surface area contributed by atoms with E-state index in [0.717, 1.165) is 6.42 Å². The molecule has 0 saturated carbocycles. The lowest BCUT2D eigenvalue weighted by Gasteiger charge is -2.10. The Labute approximate surface area is 70.7 Å². The van der Waals surface area contributed by atoms with Gasteiger partial charge in [0.05, 0.1) is 0 Å². The van der Waals surface area contributed by atoms with E-state index < -0.39 is 0 Å². The molecule has 4 N–H and O–H groups in total. The van der Waals surface area contributed by atoms with Crippen LogP contribution in [0.1, 0.15) is 34.1 Å². The highest BCUT2D eigenvalue weighted by Gasteiger charge is 2.00. The minimum Gasteiger partial charge on any atom is -0.333 e.